The maximum Gasteiger partial charge on any atom is 0.235 e. The molecule has 0 fully saturated rings. The Morgan fingerprint density at radius 1 is 1.53 bits per heavy atom. The first-order valence-electron chi connectivity index (χ1n) is 6.20. The Morgan fingerprint density at radius 3 is 2.84 bits per heavy atom. The second kappa shape index (κ2) is 7.23. The minimum absolute atomic E-state index is 0.165. The van der Waals surface area contributed by atoms with Gasteiger partial charge in [0.1, 0.15) is 11.1 Å². The lowest BCUT2D eigenvalue weighted by molar-refractivity contribution is -0.120. The Labute approximate surface area is 115 Å². The summed E-state index contributed by atoms with van der Waals surface area (Å²) in [6.45, 7) is 4.11. The molecule has 0 spiro atoms. The second-order valence-electron chi connectivity index (χ2n) is 4.27. The van der Waals surface area contributed by atoms with Gasteiger partial charge in [0, 0.05) is 12.2 Å². The average molecular weight is 286 g/mol. The smallest absolute Gasteiger partial charge is 0.235 e. The van der Waals surface area contributed by atoms with Gasteiger partial charge in [-0.25, -0.2) is 4.39 Å². The van der Waals surface area contributed by atoms with E-state index in [4.69, 9.17) is 5.73 Å². The van der Waals surface area contributed by atoms with Crippen LogP contribution >= 0.6 is 0 Å². The molecule has 2 unspecified atom stereocenters. The van der Waals surface area contributed by atoms with Crippen LogP contribution in [0.15, 0.2) is 23.1 Å². The first-order chi connectivity index (χ1) is 8.97. The number of nitrogens with one attached hydrogen (secondary N) is 1. The number of halogens is 1. The van der Waals surface area contributed by atoms with Crippen molar-refractivity contribution in [3.8, 4) is 0 Å². The molecule has 6 heteroatoms. The van der Waals surface area contributed by atoms with Gasteiger partial charge < -0.3 is 11.1 Å². The third-order valence-electron chi connectivity index (χ3n) is 2.71. The topological polar surface area (TPSA) is 72.2 Å². The van der Waals surface area contributed by atoms with Crippen LogP contribution in [0, 0.1) is 5.82 Å². The summed E-state index contributed by atoms with van der Waals surface area (Å²) >= 11 is 0. The van der Waals surface area contributed by atoms with Gasteiger partial charge in [-0.05, 0) is 31.5 Å². The molecular weight excluding hydrogens is 267 g/mol. The Balaban J connectivity index is 2.76. The molecule has 1 aromatic rings. The lowest BCUT2D eigenvalue weighted by atomic mass is 10.3. The molecule has 4 nitrogen and oxygen atoms in total. The molecule has 0 aliphatic rings. The fourth-order valence-corrected chi connectivity index (χ4v) is 2.69. The number of nitrogen functional groups attached to an aromatic ring is 1. The lowest BCUT2D eigenvalue weighted by Gasteiger charge is -2.13. The first-order valence-corrected chi connectivity index (χ1v) is 7.42. The number of benzene rings is 1. The van der Waals surface area contributed by atoms with Gasteiger partial charge in [-0.3, -0.25) is 9.00 Å². The molecular formula is C13H19FN2O2S. The standard InChI is InChI=1S/C13H19FN2O2S/c1-3-4-7-16-13(17)9(2)19(18)12-8-10(14)5-6-11(12)15/h5-6,8-9H,3-4,7,15H2,1-2H3,(H,16,17). The van der Waals surface area contributed by atoms with Crippen molar-refractivity contribution in [3.05, 3.63) is 24.0 Å². The summed E-state index contributed by atoms with van der Waals surface area (Å²) in [5.74, 6) is -0.827. The average Bonchev–Trinajstić information content (AvgIpc) is 2.40. The molecule has 0 heterocycles. The van der Waals surface area contributed by atoms with Crippen LogP contribution < -0.4 is 11.1 Å². The van der Waals surface area contributed by atoms with Crippen LogP contribution in [0.3, 0.4) is 0 Å². The van der Waals surface area contributed by atoms with Crippen molar-refractivity contribution in [3.63, 3.8) is 0 Å². The van der Waals surface area contributed by atoms with Crippen molar-refractivity contribution in [1.82, 2.24) is 5.32 Å². The van der Waals surface area contributed by atoms with E-state index < -0.39 is 21.9 Å². The van der Waals surface area contributed by atoms with E-state index in [9.17, 15) is 13.4 Å². The van der Waals surface area contributed by atoms with Crippen LogP contribution in [-0.2, 0) is 15.6 Å². The summed E-state index contributed by atoms with van der Waals surface area (Å²) < 4.78 is 25.3. The van der Waals surface area contributed by atoms with Crippen molar-refractivity contribution in [2.24, 2.45) is 0 Å². The van der Waals surface area contributed by atoms with Gasteiger partial charge in [-0.15, -0.1) is 0 Å². The zero-order valence-corrected chi connectivity index (χ0v) is 11.9. The van der Waals surface area contributed by atoms with Crippen molar-refractivity contribution < 1.29 is 13.4 Å². The predicted molar refractivity (Wildman–Crippen MR) is 74.6 cm³/mol. The van der Waals surface area contributed by atoms with Crippen LogP contribution in [0.1, 0.15) is 26.7 Å². The van der Waals surface area contributed by atoms with Crippen LogP contribution in [0.25, 0.3) is 0 Å². The maximum atomic E-state index is 13.1. The summed E-state index contributed by atoms with van der Waals surface area (Å²) in [5.41, 5.74) is 5.89. The van der Waals surface area contributed by atoms with Crippen LogP contribution in [-0.4, -0.2) is 21.9 Å². The highest BCUT2D eigenvalue weighted by atomic mass is 32.2. The normalized spacial score (nSPS) is 13.8. The van der Waals surface area contributed by atoms with Gasteiger partial charge in [-0.2, -0.15) is 0 Å². The van der Waals surface area contributed by atoms with E-state index in [1.54, 1.807) is 6.92 Å². The Kier molecular flexibility index (Phi) is 5.95. The molecule has 0 aliphatic carbocycles. The summed E-state index contributed by atoms with van der Waals surface area (Å²) in [5, 5.41) is 1.94. The third-order valence-corrected chi connectivity index (χ3v) is 4.36. The van der Waals surface area contributed by atoms with Gasteiger partial charge in [0.2, 0.25) is 5.91 Å². The van der Waals surface area contributed by atoms with Crippen molar-refractivity contribution >= 4 is 22.4 Å². The summed E-state index contributed by atoms with van der Waals surface area (Å²) in [6, 6.07) is 3.66. The molecule has 0 aromatic heterocycles. The SMILES string of the molecule is CCCCNC(=O)C(C)S(=O)c1cc(F)ccc1N. The van der Waals surface area contributed by atoms with Gasteiger partial charge >= 0.3 is 0 Å². The summed E-state index contributed by atoms with van der Waals surface area (Å²) in [4.78, 5) is 12.0. The molecule has 1 rings (SSSR count). The fourth-order valence-electron chi connectivity index (χ4n) is 1.50. The molecule has 0 saturated heterocycles. The summed E-state index contributed by atoms with van der Waals surface area (Å²) in [6.07, 6.45) is 1.84. The highest BCUT2D eigenvalue weighted by molar-refractivity contribution is 7.86. The Bertz CT molecular complexity index is 480. The van der Waals surface area contributed by atoms with E-state index in [2.05, 4.69) is 5.32 Å². The number of nitrogens with two attached hydrogens (primary N) is 1. The highest BCUT2D eigenvalue weighted by Crippen LogP contribution is 2.20. The third kappa shape index (κ3) is 4.31. The summed E-state index contributed by atoms with van der Waals surface area (Å²) in [7, 11) is -1.66. The van der Waals surface area contributed by atoms with Crippen LogP contribution in [0.4, 0.5) is 10.1 Å². The van der Waals surface area contributed by atoms with E-state index in [-0.39, 0.29) is 16.5 Å². The van der Waals surface area contributed by atoms with Crippen LogP contribution in [0.2, 0.25) is 0 Å². The largest absolute Gasteiger partial charge is 0.398 e. The lowest BCUT2D eigenvalue weighted by Crippen LogP contribution is -2.36. The van der Waals surface area contributed by atoms with E-state index in [0.29, 0.717) is 6.54 Å². The molecule has 1 aromatic carbocycles. The van der Waals surface area contributed by atoms with E-state index in [0.717, 1.165) is 18.9 Å². The number of carbonyl (C=O) groups is 1. The molecule has 0 bridgehead atoms. The molecule has 106 valence electrons. The molecule has 0 saturated carbocycles. The Hall–Kier alpha value is -1.43. The fraction of sp³-hybridized carbons (Fsp3) is 0.462. The van der Waals surface area contributed by atoms with Gasteiger partial charge in [0.15, 0.2) is 0 Å². The van der Waals surface area contributed by atoms with Gasteiger partial charge in [0.05, 0.1) is 15.7 Å². The van der Waals surface area contributed by atoms with Crippen molar-refractivity contribution in [2.75, 3.05) is 12.3 Å². The Morgan fingerprint density at radius 2 is 2.21 bits per heavy atom. The number of anilines is 1. The highest BCUT2D eigenvalue weighted by Gasteiger charge is 2.23. The minimum Gasteiger partial charge on any atom is -0.398 e. The van der Waals surface area contributed by atoms with E-state index >= 15 is 0 Å². The molecule has 3 N–H and O–H groups in total. The van der Waals surface area contributed by atoms with Crippen LogP contribution in [0.5, 0.6) is 0 Å². The number of rotatable bonds is 6. The van der Waals surface area contributed by atoms with Crippen molar-refractivity contribution in [1.29, 1.82) is 0 Å². The monoisotopic (exact) mass is 286 g/mol. The van der Waals surface area contributed by atoms with Gasteiger partial charge in [0.25, 0.3) is 0 Å². The number of unbranched alkanes of at least 4 members (excludes halogenated alkanes) is 1. The molecule has 1 amide bonds. The van der Waals surface area contributed by atoms with Crippen molar-refractivity contribution in [2.45, 2.75) is 36.8 Å². The molecule has 2 atom stereocenters. The number of amides is 1. The number of carbonyl (C=O) groups excluding carboxylic acids is 1. The number of hydrogen-bond donors (Lipinski definition) is 2. The van der Waals surface area contributed by atoms with Gasteiger partial charge in [-0.1, -0.05) is 13.3 Å². The molecule has 19 heavy (non-hydrogen) atoms. The molecule has 0 radical (unpaired) electrons. The van der Waals surface area contributed by atoms with E-state index in [1.165, 1.54) is 12.1 Å². The number of hydrogen-bond acceptors (Lipinski definition) is 3. The zero-order valence-electron chi connectivity index (χ0n) is 11.1. The quantitative estimate of drug-likeness (QED) is 0.619. The van der Waals surface area contributed by atoms with E-state index in [1.807, 2.05) is 6.92 Å². The molecule has 0 aliphatic heterocycles. The maximum absolute atomic E-state index is 13.1. The minimum atomic E-state index is -1.66. The predicted octanol–water partition coefficient (Wildman–Crippen LogP) is 1.82. The zero-order chi connectivity index (χ0) is 14.4. The second-order valence-corrected chi connectivity index (χ2v) is 6.01. The first kappa shape index (κ1) is 15.6.